The van der Waals surface area contributed by atoms with Crippen molar-refractivity contribution in [3.05, 3.63) is 58.8 Å². The fourth-order valence-corrected chi connectivity index (χ4v) is 2.39. The predicted octanol–water partition coefficient (Wildman–Crippen LogP) is 2.98. The van der Waals surface area contributed by atoms with Crippen molar-refractivity contribution in [2.45, 2.75) is 6.92 Å². The summed E-state index contributed by atoms with van der Waals surface area (Å²) in [4.78, 5) is 23.6. The number of phenols is 1. The Hall–Kier alpha value is -2.88. The third-order valence-corrected chi connectivity index (χ3v) is 3.26. The van der Waals surface area contributed by atoms with E-state index in [-0.39, 0.29) is 22.3 Å². The molecule has 0 spiro atoms. The standard InChI is InChI=1S/C17H12O4/c1-10(18)21-13-8-12-7-6-11-4-2-3-5-14(11)17(20)16(12)15(19)9-13/h2-9,19H,1H3. The van der Waals surface area contributed by atoms with Gasteiger partial charge in [-0.1, -0.05) is 36.4 Å². The van der Waals surface area contributed by atoms with Crippen molar-refractivity contribution in [2.75, 3.05) is 0 Å². The fourth-order valence-electron chi connectivity index (χ4n) is 2.39. The summed E-state index contributed by atoms with van der Waals surface area (Å²) in [5.74, 6) is -0.473. The van der Waals surface area contributed by atoms with Crippen LogP contribution in [0.4, 0.5) is 0 Å². The Morgan fingerprint density at radius 2 is 1.76 bits per heavy atom. The van der Waals surface area contributed by atoms with E-state index in [0.717, 1.165) is 5.39 Å². The van der Waals surface area contributed by atoms with Crippen molar-refractivity contribution in [3.8, 4) is 11.5 Å². The number of esters is 1. The molecular weight excluding hydrogens is 268 g/mol. The molecule has 0 unspecified atom stereocenters. The maximum atomic E-state index is 12.6. The Morgan fingerprint density at radius 1 is 1.05 bits per heavy atom. The Labute approximate surface area is 120 Å². The summed E-state index contributed by atoms with van der Waals surface area (Å²) < 4.78 is 4.97. The summed E-state index contributed by atoms with van der Waals surface area (Å²) >= 11 is 0. The molecule has 0 radical (unpaired) electrons. The maximum absolute atomic E-state index is 12.6. The number of ether oxygens (including phenoxy) is 1. The van der Waals surface area contributed by atoms with Gasteiger partial charge in [0.05, 0.1) is 5.39 Å². The van der Waals surface area contributed by atoms with E-state index in [1.165, 1.54) is 13.0 Å². The van der Waals surface area contributed by atoms with Crippen LogP contribution < -0.4 is 10.2 Å². The number of fused-ring (bicyclic) bond motifs is 2. The molecule has 0 aliphatic carbocycles. The van der Waals surface area contributed by atoms with Gasteiger partial charge in [-0.25, -0.2) is 0 Å². The number of carbonyl (C=O) groups is 1. The number of hydrogen-bond donors (Lipinski definition) is 1. The van der Waals surface area contributed by atoms with Gasteiger partial charge in [-0.05, 0) is 16.8 Å². The smallest absolute Gasteiger partial charge is 0.308 e. The van der Waals surface area contributed by atoms with Gasteiger partial charge in [0, 0.05) is 18.4 Å². The van der Waals surface area contributed by atoms with Crippen LogP contribution in [0.2, 0.25) is 0 Å². The van der Waals surface area contributed by atoms with Crippen molar-refractivity contribution < 1.29 is 14.6 Å². The minimum absolute atomic E-state index is 0.199. The summed E-state index contributed by atoms with van der Waals surface area (Å²) in [5.41, 5.74) is -0.252. The highest BCUT2D eigenvalue weighted by molar-refractivity contribution is 5.97. The molecule has 0 saturated carbocycles. The van der Waals surface area contributed by atoms with Gasteiger partial charge in [0.2, 0.25) is 0 Å². The molecule has 0 aromatic heterocycles. The molecule has 1 N–H and O–H groups in total. The van der Waals surface area contributed by atoms with Crippen LogP contribution in [0.5, 0.6) is 11.5 Å². The molecule has 0 saturated heterocycles. The Balaban J connectivity index is 2.43. The van der Waals surface area contributed by atoms with Crippen molar-refractivity contribution >= 4 is 27.5 Å². The first-order valence-corrected chi connectivity index (χ1v) is 6.43. The van der Waals surface area contributed by atoms with E-state index in [0.29, 0.717) is 10.8 Å². The molecule has 4 heteroatoms. The third kappa shape index (κ3) is 2.31. The van der Waals surface area contributed by atoms with E-state index in [2.05, 4.69) is 0 Å². The average molecular weight is 280 g/mol. The average Bonchev–Trinajstić information content (AvgIpc) is 2.57. The minimum Gasteiger partial charge on any atom is -0.507 e. The van der Waals surface area contributed by atoms with Crippen LogP contribution in [0.1, 0.15) is 6.92 Å². The molecular formula is C17H12O4. The number of rotatable bonds is 1. The molecule has 0 aliphatic rings. The van der Waals surface area contributed by atoms with E-state index in [1.807, 2.05) is 12.1 Å². The second-order valence-electron chi connectivity index (χ2n) is 4.75. The van der Waals surface area contributed by atoms with E-state index in [1.54, 1.807) is 30.3 Å². The van der Waals surface area contributed by atoms with Crippen molar-refractivity contribution in [3.63, 3.8) is 0 Å². The maximum Gasteiger partial charge on any atom is 0.308 e. The highest BCUT2D eigenvalue weighted by atomic mass is 16.5. The van der Waals surface area contributed by atoms with E-state index < -0.39 is 5.97 Å². The molecule has 0 fully saturated rings. The van der Waals surface area contributed by atoms with Gasteiger partial charge < -0.3 is 9.84 Å². The summed E-state index contributed by atoms with van der Waals surface area (Å²) in [6.45, 7) is 1.28. The number of carbonyl (C=O) groups excluding carboxylic acids is 1. The second-order valence-corrected chi connectivity index (χ2v) is 4.75. The number of aromatic hydroxyl groups is 1. The second kappa shape index (κ2) is 4.90. The molecule has 0 bridgehead atoms. The first-order chi connectivity index (χ1) is 10.1. The van der Waals surface area contributed by atoms with Gasteiger partial charge in [0.15, 0.2) is 5.43 Å². The molecule has 0 atom stereocenters. The van der Waals surface area contributed by atoms with E-state index in [4.69, 9.17) is 4.74 Å². The summed E-state index contributed by atoms with van der Waals surface area (Å²) in [5, 5.41) is 12.2. The lowest BCUT2D eigenvalue weighted by Gasteiger charge is -2.03. The van der Waals surface area contributed by atoms with Gasteiger partial charge >= 0.3 is 5.97 Å². The number of benzene rings is 2. The van der Waals surface area contributed by atoms with Crippen LogP contribution >= 0.6 is 0 Å². The predicted molar refractivity (Wildman–Crippen MR) is 80.7 cm³/mol. The molecule has 3 aromatic rings. The lowest BCUT2D eigenvalue weighted by atomic mass is 10.1. The number of hydrogen-bond acceptors (Lipinski definition) is 4. The van der Waals surface area contributed by atoms with E-state index >= 15 is 0 Å². The summed E-state index contributed by atoms with van der Waals surface area (Å²) in [6, 6.07) is 13.5. The molecule has 104 valence electrons. The zero-order valence-electron chi connectivity index (χ0n) is 11.3. The third-order valence-electron chi connectivity index (χ3n) is 3.26. The quantitative estimate of drug-likeness (QED) is 0.550. The highest BCUT2D eigenvalue weighted by Gasteiger charge is 2.10. The normalized spacial score (nSPS) is 10.7. The van der Waals surface area contributed by atoms with Crippen molar-refractivity contribution in [2.24, 2.45) is 0 Å². The van der Waals surface area contributed by atoms with Crippen LogP contribution in [-0.4, -0.2) is 11.1 Å². The largest absolute Gasteiger partial charge is 0.507 e. The fraction of sp³-hybridized carbons (Fsp3) is 0.0588. The summed E-state index contributed by atoms with van der Waals surface area (Å²) in [7, 11) is 0. The van der Waals surface area contributed by atoms with Crippen LogP contribution in [0.25, 0.3) is 21.5 Å². The molecule has 0 amide bonds. The lowest BCUT2D eigenvalue weighted by molar-refractivity contribution is -0.131. The Kier molecular flexibility index (Phi) is 3.06. The van der Waals surface area contributed by atoms with Gasteiger partial charge in [0.1, 0.15) is 11.5 Å². The van der Waals surface area contributed by atoms with Crippen LogP contribution in [0, 0.1) is 0 Å². The molecule has 4 nitrogen and oxygen atoms in total. The van der Waals surface area contributed by atoms with E-state index in [9.17, 15) is 14.7 Å². The first-order valence-electron chi connectivity index (χ1n) is 6.43. The SMILES string of the molecule is CC(=O)Oc1cc(O)c2c(=O)c3ccccc3ccc2c1. The zero-order chi connectivity index (χ0) is 15.0. The Bertz CT molecular complexity index is 929. The van der Waals surface area contributed by atoms with Gasteiger partial charge in [0.25, 0.3) is 0 Å². The topological polar surface area (TPSA) is 63.6 Å². The monoisotopic (exact) mass is 280 g/mol. The molecule has 3 aromatic carbocycles. The lowest BCUT2D eigenvalue weighted by Crippen LogP contribution is -2.02. The Morgan fingerprint density at radius 3 is 2.52 bits per heavy atom. The van der Waals surface area contributed by atoms with Crippen molar-refractivity contribution in [1.29, 1.82) is 0 Å². The minimum atomic E-state index is -0.485. The van der Waals surface area contributed by atoms with Crippen molar-refractivity contribution in [1.82, 2.24) is 0 Å². The number of phenolic OH excluding ortho intramolecular Hbond substituents is 1. The van der Waals surface area contributed by atoms with Gasteiger partial charge in [-0.3, -0.25) is 9.59 Å². The molecule has 21 heavy (non-hydrogen) atoms. The first kappa shape index (κ1) is 13.1. The van der Waals surface area contributed by atoms with Crippen LogP contribution in [0.3, 0.4) is 0 Å². The molecule has 3 rings (SSSR count). The van der Waals surface area contributed by atoms with Gasteiger partial charge in [-0.15, -0.1) is 0 Å². The van der Waals surface area contributed by atoms with Crippen LogP contribution in [-0.2, 0) is 4.79 Å². The zero-order valence-corrected chi connectivity index (χ0v) is 11.3. The van der Waals surface area contributed by atoms with Gasteiger partial charge in [-0.2, -0.15) is 0 Å². The highest BCUT2D eigenvalue weighted by Crippen LogP contribution is 2.29. The van der Waals surface area contributed by atoms with Crippen LogP contribution in [0.15, 0.2) is 53.3 Å². The molecule has 0 aliphatic heterocycles. The summed E-state index contributed by atoms with van der Waals surface area (Å²) in [6.07, 6.45) is 0. The molecule has 0 heterocycles.